The molecule has 0 N–H and O–H groups in total. The molecule has 3 heteroatoms. The molecule has 94 valence electrons. The first-order chi connectivity index (χ1) is 7.97. The van der Waals surface area contributed by atoms with Gasteiger partial charge in [0.1, 0.15) is 11.6 Å². The first kappa shape index (κ1) is 12.6. The molecule has 2 rings (SSSR count). The van der Waals surface area contributed by atoms with E-state index in [1.807, 2.05) is 6.07 Å². The number of rotatable bonds is 4. The predicted molar refractivity (Wildman–Crippen MR) is 72.2 cm³/mol. The van der Waals surface area contributed by atoms with Crippen LogP contribution in [0.1, 0.15) is 19.3 Å². The lowest BCUT2D eigenvalue weighted by Crippen LogP contribution is -2.40. The van der Waals surface area contributed by atoms with E-state index in [-0.39, 0.29) is 5.82 Å². The van der Waals surface area contributed by atoms with Gasteiger partial charge in [-0.25, -0.2) is 4.39 Å². The topological polar surface area (TPSA) is 9.23 Å². The molecule has 0 radical (unpaired) electrons. The van der Waals surface area contributed by atoms with Crippen molar-refractivity contribution >= 4 is 13.3 Å². The van der Waals surface area contributed by atoms with Gasteiger partial charge >= 0.3 is 0 Å². The maximum atomic E-state index is 13.7. The lowest BCUT2D eigenvalue weighted by Gasteiger charge is -2.25. The number of hydrogen-bond acceptors (Lipinski definition) is 1. The highest BCUT2D eigenvalue weighted by Gasteiger charge is 2.22. The van der Waals surface area contributed by atoms with Crippen LogP contribution in [-0.4, -0.2) is 14.7 Å². The summed E-state index contributed by atoms with van der Waals surface area (Å²) < 4.78 is 19.5. The van der Waals surface area contributed by atoms with Gasteiger partial charge in [0, 0.05) is 0 Å². The Kier molecular flexibility index (Phi) is 3.57. The van der Waals surface area contributed by atoms with Crippen molar-refractivity contribution in [3.63, 3.8) is 0 Å². The molecule has 1 nitrogen and oxygen atoms in total. The summed E-state index contributed by atoms with van der Waals surface area (Å²) >= 11 is 0. The van der Waals surface area contributed by atoms with Crippen molar-refractivity contribution < 1.29 is 9.13 Å². The van der Waals surface area contributed by atoms with Gasteiger partial charge in [-0.2, -0.15) is 0 Å². The molecule has 1 aliphatic carbocycles. The van der Waals surface area contributed by atoms with Crippen LogP contribution in [-0.2, 0) is 0 Å². The van der Waals surface area contributed by atoms with Crippen LogP contribution in [0.25, 0.3) is 0 Å². The minimum atomic E-state index is -1.61. The van der Waals surface area contributed by atoms with Crippen LogP contribution in [0.15, 0.2) is 18.2 Å². The third kappa shape index (κ3) is 3.09. The standard InChI is InChI=1S/C14H21FOSi/c1-17(2,3)14-9-12(7-8-13(14)15)16-10-11-5-4-6-11/h7-9,11H,4-6,10H2,1-3H3. The van der Waals surface area contributed by atoms with Crippen LogP contribution in [0.2, 0.25) is 19.6 Å². The zero-order valence-electron chi connectivity index (χ0n) is 10.9. The maximum Gasteiger partial charge on any atom is 0.122 e. The molecule has 17 heavy (non-hydrogen) atoms. The second kappa shape index (κ2) is 4.81. The highest BCUT2D eigenvalue weighted by atomic mass is 28.3. The molecule has 0 heterocycles. The Morgan fingerprint density at radius 2 is 2.00 bits per heavy atom. The summed E-state index contributed by atoms with van der Waals surface area (Å²) in [6, 6.07) is 5.20. The van der Waals surface area contributed by atoms with Gasteiger partial charge in [-0.05, 0) is 42.1 Å². The number of ether oxygens (including phenoxy) is 1. The molecule has 1 aromatic rings. The molecule has 0 amide bonds. The fraction of sp³-hybridized carbons (Fsp3) is 0.571. The van der Waals surface area contributed by atoms with Crippen molar-refractivity contribution in [1.82, 2.24) is 0 Å². The summed E-state index contributed by atoms with van der Waals surface area (Å²) in [5.74, 6) is 1.46. The largest absolute Gasteiger partial charge is 0.493 e. The van der Waals surface area contributed by atoms with Crippen LogP contribution in [0, 0.1) is 11.7 Å². The highest BCUT2D eigenvalue weighted by Crippen LogP contribution is 2.27. The smallest absolute Gasteiger partial charge is 0.122 e. The van der Waals surface area contributed by atoms with Crippen LogP contribution in [0.3, 0.4) is 0 Å². The molecule has 0 unspecified atom stereocenters. The van der Waals surface area contributed by atoms with E-state index in [0.29, 0.717) is 0 Å². The summed E-state index contributed by atoms with van der Waals surface area (Å²) in [6.07, 6.45) is 3.89. The fourth-order valence-corrected chi connectivity index (χ4v) is 3.42. The molecular weight excluding hydrogens is 231 g/mol. The minimum Gasteiger partial charge on any atom is -0.493 e. The summed E-state index contributed by atoms with van der Waals surface area (Å²) in [7, 11) is -1.61. The van der Waals surface area contributed by atoms with Crippen molar-refractivity contribution in [3.05, 3.63) is 24.0 Å². The van der Waals surface area contributed by atoms with Crippen LogP contribution >= 0.6 is 0 Å². The summed E-state index contributed by atoms with van der Waals surface area (Å²) in [6.45, 7) is 7.25. The van der Waals surface area contributed by atoms with Crippen LogP contribution < -0.4 is 9.92 Å². The zero-order chi connectivity index (χ0) is 12.5. The molecule has 0 saturated heterocycles. The summed E-state index contributed by atoms with van der Waals surface area (Å²) in [5.41, 5.74) is 0. The molecule has 0 bridgehead atoms. The van der Waals surface area contributed by atoms with Crippen molar-refractivity contribution in [3.8, 4) is 5.75 Å². The van der Waals surface area contributed by atoms with Gasteiger partial charge in [-0.1, -0.05) is 26.1 Å². The lowest BCUT2D eigenvalue weighted by atomic mass is 9.86. The van der Waals surface area contributed by atoms with E-state index < -0.39 is 8.07 Å². The Morgan fingerprint density at radius 1 is 1.29 bits per heavy atom. The fourth-order valence-electron chi connectivity index (χ4n) is 2.04. The van der Waals surface area contributed by atoms with Gasteiger partial charge in [0.05, 0.1) is 14.7 Å². The van der Waals surface area contributed by atoms with E-state index in [9.17, 15) is 4.39 Å². The normalized spacial score (nSPS) is 16.7. The van der Waals surface area contributed by atoms with E-state index in [1.165, 1.54) is 19.3 Å². The van der Waals surface area contributed by atoms with Crippen molar-refractivity contribution in [2.75, 3.05) is 6.61 Å². The second-order valence-corrected chi connectivity index (χ2v) is 11.0. The number of hydrogen-bond donors (Lipinski definition) is 0. The third-order valence-electron chi connectivity index (χ3n) is 3.46. The molecule has 1 saturated carbocycles. The molecule has 0 aliphatic heterocycles. The maximum absolute atomic E-state index is 13.7. The molecular formula is C14H21FOSi. The molecule has 1 aromatic carbocycles. The van der Waals surface area contributed by atoms with Crippen molar-refractivity contribution in [2.45, 2.75) is 38.9 Å². The number of benzene rings is 1. The van der Waals surface area contributed by atoms with Gasteiger partial charge < -0.3 is 4.74 Å². The first-order valence-corrected chi connectivity index (χ1v) is 9.89. The third-order valence-corrected chi connectivity index (χ3v) is 5.46. The SMILES string of the molecule is C[Si](C)(C)c1cc(OCC2CCC2)ccc1F. The van der Waals surface area contributed by atoms with E-state index in [0.717, 1.165) is 23.5 Å². The van der Waals surface area contributed by atoms with Crippen molar-refractivity contribution in [2.24, 2.45) is 5.92 Å². The summed E-state index contributed by atoms with van der Waals surface area (Å²) in [5, 5.41) is 0.864. The molecule has 0 atom stereocenters. The monoisotopic (exact) mass is 252 g/mol. The molecule has 0 spiro atoms. The summed E-state index contributed by atoms with van der Waals surface area (Å²) in [4.78, 5) is 0. The molecule has 0 aromatic heterocycles. The average Bonchev–Trinajstić information content (AvgIpc) is 2.16. The van der Waals surface area contributed by atoms with Crippen LogP contribution in [0.4, 0.5) is 4.39 Å². The first-order valence-electron chi connectivity index (χ1n) is 6.39. The Morgan fingerprint density at radius 3 is 2.53 bits per heavy atom. The second-order valence-electron chi connectivity index (χ2n) is 6.00. The van der Waals surface area contributed by atoms with E-state index in [2.05, 4.69) is 19.6 Å². The Labute approximate surface area is 104 Å². The average molecular weight is 252 g/mol. The van der Waals surface area contributed by atoms with Crippen LogP contribution in [0.5, 0.6) is 5.75 Å². The molecule has 1 fully saturated rings. The predicted octanol–water partition coefficient (Wildman–Crippen LogP) is 3.55. The Bertz CT molecular complexity index is 394. The Hall–Kier alpha value is -0.833. The van der Waals surface area contributed by atoms with Gasteiger partial charge in [0.15, 0.2) is 0 Å². The lowest BCUT2D eigenvalue weighted by molar-refractivity contribution is 0.180. The number of halogens is 1. The quantitative estimate of drug-likeness (QED) is 0.745. The van der Waals surface area contributed by atoms with E-state index >= 15 is 0 Å². The van der Waals surface area contributed by atoms with E-state index in [4.69, 9.17) is 4.74 Å². The van der Waals surface area contributed by atoms with E-state index in [1.54, 1.807) is 12.1 Å². The van der Waals surface area contributed by atoms with Gasteiger partial charge in [-0.3, -0.25) is 0 Å². The van der Waals surface area contributed by atoms with Gasteiger partial charge in [-0.15, -0.1) is 0 Å². The Balaban J connectivity index is 2.07. The van der Waals surface area contributed by atoms with Crippen molar-refractivity contribution in [1.29, 1.82) is 0 Å². The molecule has 1 aliphatic rings. The van der Waals surface area contributed by atoms with Gasteiger partial charge in [0.2, 0.25) is 0 Å². The highest BCUT2D eigenvalue weighted by molar-refractivity contribution is 6.88. The van der Waals surface area contributed by atoms with Gasteiger partial charge in [0.25, 0.3) is 0 Å². The minimum absolute atomic E-state index is 0.0832. The zero-order valence-corrected chi connectivity index (χ0v) is 11.9.